The Bertz CT molecular complexity index is 1020. The molecule has 0 saturated carbocycles. The summed E-state index contributed by atoms with van der Waals surface area (Å²) < 4.78 is 1.21. The maximum absolute atomic E-state index is 8.32. The number of thiazole rings is 1. The van der Waals surface area contributed by atoms with Gasteiger partial charge in [0.05, 0.1) is 15.9 Å². The van der Waals surface area contributed by atoms with Gasteiger partial charge in [0.2, 0.25) is 0 Å². The summed E-state index contributed by atoms with van der Waals surface area (Å²) in [5, 5.41) is 9.33. The van der Waals surface area contributed by atoms with Crippen molar-refractivity contribution in [1.29, 1.82) is 5.41 Å². The number of fused-ring (bicyclic) bond motifs is 1. The van der Waals surface area contributed by atoms with Crippen LogP contribution in [0.25, 0.3) is 20.8 Å². The van der Waals surface area contributed by atoms with Crippen molar-refractivity contribution in [2.45, 2.75) is 6.92 Å². The molecule has 3 nitrogen and oxygen atoms in total. The van der Waals surface area contributed by atoms with Crippen LogP contribution in [0.2, 0.25) is 0 Å². The molecule has 0 radical (unpaired) electrons. The highest BCUT2D eigenvalue weighted by molar-refractivity contribution is 7.21. The highest BCUT2D eigenvalue weighted by Gasteiger charge is 2.08. The molecule has 2 aromatic heterocycles. The molecule has 2 aromatic carbocycles. The molecule has 0 fully saturated rings. The lowest BCUT2D eigenvalue weighted by Gasteiger charge is -2.04. The van der Waals surface area contributed by atoms with Crippen molar-refractivity contribution in [3.8, 4) is 10.6 Å². The van der Waals surface area contributed by atoms with E-state index in [1.54, 1.807) is 23.7 Å². The fraction of sp³-hybridized carbons (Fsp3) is 0.0500. The van der Waals surface area contributed by atoms with Crippen LogP contribution in [0, 0.1) is 12.3 Å². The van der Waals surface area contributed by atoms with Crippen molar-refractivity contribution in [2.75, 3.05) is 0 Å². The monoisotopic (exact) mass is 329 g/mol. The van der Waals surface area contributed by atoms with Gasteiger partial charge >= 0.3 is 0 Å². The zero-order chi connectivity index (χ0) is 16.5. The van der Waals surface area contributed by atoms with Gasteiger partial charge < -0.3 is 0 Å². The average Bonchev–Trinajstić information content (AvgIpc) is 3.05. The SMILES string of the molecule is Cc1ccc2nc(-c3ccc(C(=N)c4ccncc4)cc3)sc2c1. The van der Waals surface area contributed by atoms with Crippen LogP contribution in [0.4, 0.5) is 0 Å². The first-order valence-corrected chi connectivity index (χ1v) is 8.49. The quantitative estimate of drug-likeness (QED) is 0.533. The van der Waals surface area contributed by atoms with Crippen LogP contribution in [0.5, 0.6) is 0 Å². The summed E-state index contributed by atoms with van der Waals surface area (Å²) in [7, 11) is 0. The van der Waals surface area contributed by atoms with E-state index in [0.29, 0.717) is 5.71 Å². The van der Waals surface area contributed by atoms with E-state index < -0.39 is 0 Å². The lowest BCUT2D eigenvalue weighted by atomic mass is 10.0. The number of hydrogen-bond donors (Lipinski definition) is 1. The van der Waals surface area contributed by atoms with Gasteiger partial charge in [-0.1, -0.05) is 30.3 Å². The summed E-state index contributed by atoms with van der Waals surface area (Å²) in [5.74, 6) is 0. The lowest BCUT2D eigenvalue weighted by Crippen LogP contribution is -2.00. The van der Waals surface area contributed by atoms with Crippen LogP contribution in [-0.4, -0.2) is 15.7 Å². The molecule has 4 heteroatoms. The Balaban J connectivity index is 1.66. The maximum atomic E-state index is 8.32. The highest BCUT2D eigenvalue weighted by Crippen LogP contribution is 2.31. The third-order valence-corrected chi connectivity index (χ3v) is 5.00. The van der Waals surface area contributed by atoms with Crippen LogP contribution in [0.15, 0.2) is 67.0 Å². The molecule has 0 amide bonds. The largest absolute Gasteiger partial charge is 0.300 e. The molecule has 24 heavy (non-hydrogen) atoms. The number of nitrogens with zero attached hydrogens (tertiary/aromatic N) is 2. The van der Waals surface area contributed by atoms with E-state index in [1.165, 1.54) is 10.3 Å². The third kappa shape index (κ3) is 2.72. The maximum Gasteiger partial charge on any atom is 0.124 e. The highest BCUT2D eigenvalue weighted by atomic mass is 32.1. The standard InChI is InChI=1S/C20H15N3S/c1-13-2-7-17-18(12-13)24-20(23-17)16-5-3-14(4-6-16)19(21)15-8-10-22-11-9-15/h2-12,21H,1H3. The normalized spacial score (nSPS) is 10.9. The minimum Gasteiger partial charge on any atom is -0.300 e. The van der Waals surface area contributed by atoms with Gasteiger partial charge in [0.1, 0.15) is 5.01 Å². The van der Waals surface area contributed by atoms with Gasteiger partial charge in [0.25, 0.3) is 0 Å². The number of pyridine rings is 1. The number of aromatic nitrogens is 2. The number of benzene rings is 2. The van der Waals surface area contributed by atoms with E-state index >= 15 is 0 Å². The predicted octanol–water partition coefficient (Wildman–Crippen LogP) is 5.08. The molecule has 0 saturated heterocycles. The molecule has 0 atom stereocenters. The van der Waals surface area contributed by atoms with Crippen LogP contribution in [0.1, 0.15) is 16.7 Å². The molecule has 0 aliphatic heterocycles. The van der Waals surface area contributed by atoms with Crippen molar-refractivity contribution in [3.05, 3.63) is 83.7 Å². The summed E-state index contributed by atoms with van der Waals surface area (Å²) in [4.78, 5) is 8.71. The zero-order valence-corrected chi connectivity index (χ0v) is 14.0. The summed E-state index contributed by atoms with van der Waals surface area (Å²) in [6.07, 6.45) is 3.42. The Morgan fingerprint density at radius 1 is 0.917 bits per heavy atom. The second-order valence-corrected chi connectivity index (χ2v) is 6.71. The molecule has 0 aliphatic rings. The summed E-state index contributed by atoms with van der Waals surface area (Å²) in [6, 6.07) is 18.1. The molecule has 4 aromatic rings. The van der Waals surface area contributed by atoms with Gasteiger partial charge in [-0.25, -0.2) is 4.98 Å². The van der Waals surface area contributed by atoms with E-state index in [2.05, 4.69) is 30.1 Å². The summed E-state index contributed by atoms with van der Waals surface area (Å²) in [5.41, 5.74) is 5.63. The number of hydrogen-bond acceptors (Lipinski definition) is 4. The minimum atomic E-state index is 0.504. The molecule has 116 valence electrons. The molecule has 1 N–H and O–H groups in total. The first kappa shape index (κ1) is 14.7. The fourth-order valence-electron chi connectivity index (χ4n) is 2.62. The molecular weight excluding hydrogens is 314 g/mol. The van der Waals surface area contributed by atoms with Crippen molar-refractivity contribution in [1.82, 2.24) is 9.97 Å². The fourth-order valence-corrected chi connectivity index (χ4v) is 3.69. The minimum absolute atomic E-state index is 0.504. The third-order valence-electron chi connectivity index (χ3n) is 3.93. The van der Waals surface area contributed by atoms with E-state index in [0.717, 1.165) is 27.2 Å². The van der Waals surface area contributed by atoms with Gasteiger partial charge in [0.15, 0.2) is 0 Å². The van der Waals surface area contributed by atoms with Crippen LogP contribution >= 0.6 is 11.3 Å². The first-order valence-electron chi connectivity index (χ1n) is 7.68. The van der Waals surface area contributed by atoms with Crippen molar-refractivity contribution in [3.63, 3.8) is 0 Å². The Morgan fingerprint density at radius 3 is 2.38 bits per heavy atom. The average molecular weight is 329 g/mol. The van der Waals surface area contributed by atoms with Gasteiger partial charge in [-0.2, -0.15) is 0 Å². The second kappa shape index (κ2) is 5.98. The van der Waals surface area contributed by atoms with Gasteiger partial charge in [0, 0.05) is 29.1 Å². The smallest absolute Gasteiger partial charge is 0.124 e. The summed E-state index contributed by atoms with van der Waals surface area (Å²) >= 11 is 1.70. The summed E-state index contributed by atoms with van der Waals surface area (Å²) in [6.45, 7) is 2.10. The van der Waals surface area contributed by atoms with Crippen LogP contribution in [-0.2, 0) is 0 Å². The molecule has 0 unspecified atom stereocenters. The molecule has 4 rings (SSSR count). The second-order valence-electron chi connectivity index (χ2n) is 5.68. The Kier molecular flexibility index (Phi) is 3.67. The Morgan fingerprint density at radius 2 is 1.62 bits per heavy atom. The van der Waals surface area contributed by atoms with Gasteiger partial charge in [-0.15, -0.1) is 11.3 Å². The van der Waals surface area contributed by atoms with Crippen molar-refractivity contribution >= 4 is 27.3 Å². The topological polar surface area (TPSA) is 49.6 Å². The van der Waals surface area contributed by atoms with Crippen molar-refractivity contribution < 1.29 is 0 Å². The molecule has 2 heterocycles. The molecule has 0 spiro atoms. The van der Waals surface area contributed by atoms with Gasteiger partial charge in [-0.3, -0.25) is 10.4 Å². The Labute approximate surface area is 144 Å². The van der Waals surface area contributed by atoms with Crippen LogP contribution in [0.3, 0.4) is 0 Å². The first-order chi connectivity index (χ1) is 11.7. The van der Waals surface area contributed by atoms with Gasteiger partial charge in [-0.05, 0) is 36.8 Å². The molecule has 0 bridgehead atoms. The molecule has 0 aliphatic carbocycles. The number of aryl methyl sites for hydroxylation is 1. The predicted molar refractivity (Wildman–Crippen MR) is 100.0 cm³/mol. The van der Waals surface area contributed by atoms with E-state index in [1.807, 2.05) is 36.4 Å². The molecular formula is C20H15N3S. The van der Waals surface area contributed by atoms with E-state index in [4.69, 9.17) is 10.4 Å². The van der Waals surface area contributed by atoms with E-state index in [9.17, 15) is 0 Å². The lowest BCUT2D eigenvalue weighted by molar-refractivity contribution is 1.31. The van der Waals surface area contributed by atoms with Crippen LogP contribution < -0.4 is 0 Å². The Hall–Kier alpha value is -2.85. The van der Waals surface area contributed by atoms with Crippen molar-refractivity contribution in [2.24, 2.45) is 0 Å². The number of nitrogens with one attached hydrogen (secondary N) is 1. The van der Waals surface area contributed by atoms with E-state index in [-0.39, 0.29) is 0 Å². The number of rotatable bonds is 3. The zero-order valence-electron chi connectivity index (χ0n) is 13.2.